The van der Waals surface area contributed by atoms with Crippen LogP contribution >= 0.6 is 11.3 Å². The number of thiazole rings is 1. The molecule has 24 heavy (non-hydrogen) atoms. The fraction of sp³-hybridized carbons (Fsp3) is 0.158. The van der Waals surface area contributed by atoms with Crippen LogP contribution < -0.4 is 0 Å². The Morgan fingerprint density at radius 1 is 1.08 bits per heavy atom. The minimum absolute atomic E-state index is 0.189. The van der Waals surface area contributed by atoms with Crippen molar-refractivity contribution >= 4 is 21.6 Å². The van der Waals surface area contributed by atoms with Gasteiger partial charge in [-0.2, -0.15) is 9.78 Å². The van der Waals surface area contributed by atoms with Gasteiger partial charge in [0.25, 0.3) is 0 Å². The molecular weight excluding hydrogens is 318 g/mol. The number of benzene rings is 2. The maximum absolute atomic E-state index is 10.8. The van der Waals surface area contributed by atoms with E-state index < -0.39 is 0 Å². The van der Waals surface area contributed by atoms with Crippen molar-refractivity contribution in [1.82, 2.24) is 14.8 Å². The zero-order valence-electron chi connectivity index (χ0n) is 13.2. The summed E-state index contributed by atoms with van der Waals surface area (Å²) in [7, 11) is 0. The summed E-state index contributed by atoms with van der Waals surface area (Å²) in [6, 6.07) is 14.4. The van der Waals surface area contributed by atoms with Crippen molar-refractivity contribution in [2.45, 2.75) is 19.8 Å². The molecule has 0 aliphatic heterocycles. The summed E-state index contributed by atoms with van der Waals surface area (Å²) < 4.78 is 2.70. The number of aryl methyl sites for hydroxylation is 3. The van der Waals surface area contributed by atoms with Gasteiger partial charge in [-0.1, -0.05) is 47.7 Å². The number of hydrogen-bond donors (Lipinski definition) is 1. The highest BCUT2D eigenvalue weighted by atomic mass is 32.1. The van der Waals surface area contributed by atoms with Crippen LogP contribution in [-0.2, 0) is 12.8 Å². The average molecular weight is 333 g/mol. The summed E-state index contributed by atoms with van der Waals surface area (Å²) in [4.78, 5) is 4.70. The topological polar surface area (TPSA) is 50.9 Å². The molecule has 1 aliphatic rings. The Hall–Kier alpha value is -2.66. The molecule has 0 spiro atoms. The second-order valence-electron chi connectivity index (χ2n) is 6.13. The van der Waals surface area contributed by atoms with E-state index in [2.05, 4.69) is 36.3 Å². The molecule has 0 bridgehead atoms. The van der Waals surface area contributed by atoms with Gasteiger partial charge in [0.15, 0.2) is 0 Å². The second kappa shape index (κ2) is 4.92. The van der Waals surface area contributed by atoms with E-state index in [1.807, 2.05) is 18.2 Å². The van der Waals surface area contributed by atoms with Crippen molar-refractivity contribution in [1.29, 1.82) is 0 Å². The van der Waals surface area contributed by atoms with E-state index in [-0.39, 0.29) is 5.88 Å². The van der Waals surface area contributed by atoms with E-state index in [0.29, 0.717) is 5.13 Å². The molecule has 0 atom stereocenters. The van der Waals surface area contributed by atoms with Gasteiger partial charge in [-0.15, -0.1) is 0 Å². The van der Waals surface area contributed by atoms with Gasteiger partial charge in [0.05, 0.1) is 21.5 Å². The first-order chi connectivity index (χ1) is 11.7. The Balaban J connectivity index is 1.74. The molecule has 1 N–H and O–H groups in total. The molecule has 2 aromatic heterocycles. The third kappa shape index (κ3) is 1.85. The molecule has 0 amide bonds. The van der Waals surface area contributed by atoms with Crippen molar-refractivity contribution < 1.29 is 5.11 Å². The number of fused-ring (bicyclic) bond motifs is 4. The largest absolute Gasteiger partial charge is 0.493 e. The van der Waals surface area contributed by atoms with Gasteiger partial charge in [0, 0.05) is 0 Å². The molecule has 118 valence electrons. The molecule has 2 heterocycles. The average Bonchev–Trinajstić information content (AvgIpc) is 3.17. The molecular formula is C19H15N3OS. The van der Waals surface area contributed by atoms with Gasteiger partial charge in [-0.05, 0) is 42.5 Å². The summed E-state index contributed by atoms with van der Waals surface area (Å²) >= 11 is 1.55. The van der Waals surface area contributed by atoms with Gasteiger partial charge >= 0.3 is 0 Å². The van der Waals surface area contributed by atoms with E-state index in [0.717, 1.165) is 45.4 Å². The van der Waals surface area contributed by atoms with Crippen LogP contribution in [-0.4, -0.2) is 19.9 Å². The monoisotopic (exact) mass is 333 g/mol. The van der Waals surface area contributed by atoms with E-state index in [1.165, 1.54) is 5.56 Å². The van der Waals surface area contributed by atoms with E-state index in [9.17, 15) is 5.11 Å². The lowest BCUT2D eigenvalue weighted by Gasteiger charge is -2.14. The highest BCUT2D eigenvalue weighted by Crippen LogP contribution is 2.41. The van der Waals surface area contributed by atoms with Gasteiger partial charge in [0.1, 0.15) is 0 Å². The smallest absolute Gasteiger partial charge is 0.224 e. The molecule has 0 radical (unpaired) electrons. The summed E-state index contributed by atoms with van der Waals surface area (Å²) in [5.74, 6) is 0.189. The van der Waals surface area contributed by atoms with Crippen LogP contribution in [0.2, 0.25) is 0 Å². The number of aromatic nitrogens is 3. The molecule has 4 aromatic rings. The molecule has 0 saturated heterocycles. The van der Waals surface area contributed by atoms with Crippen LogP contribution in [0.4, 0.5) is 0 Å². The van der Waals surface area contributed by atoms with Gasteiger partial charge in [-0.25, -0.2) is 4.98 Å². The van der Waals surface area contributed by atoms with Crippen LogP contribution in [0.15, 0.2) is 42.5 Å². The zero-order valence-corrected chi connectivity index (χ0v) is 14.0. The number of aromatic hydroxyl groups is 1. The lowest BCUT2D eigenvalue weighted by molar-refractivity contribution is 0.435. The Bertz CT molecular complexity index is 1090. The normalized spacial score (nSPS) is 13.0. The van der Waals surface area contributed by atoms with Crippen LogP contribution in [0.5, 0.6) is 5.88 Å². The number of para-hydroxylation sites is 1. The molecule has 1 aliphatic carbocycles. The zero-order chi connectivity index (χ0) is 16.3. The van der Waals surface area contributed by atoms with Crippen LogP contribution in [0.25, 0.3) is 26.5 Å². The molecule has 0 unspecified atom stereocenters. The standard InChI is InChI=1S/C19H15N3OS/c1-11-5-4-8-15-17(11)20-19(24-15)22-18(23)16-13-7-3-2-6-12(13)9-10-14(16)21-22/h2-8,23H,9-10H2,1H3. The van der Waals surface area contributed by atoms with Gasteiger partial charge in [-0.3, -0.25) is 0 Å². The Labute approximate surface area is 143 Å². The summed E-state index contributed by atoms with van der Waals surface area (Å²) in [5, 5.41) is 16.2. The summed E-state index contributed by atoms with van der Waals surface area (Å²) in [5.41, 5.74) is 6.26. The summed E-state index contributed by atoms with van der Waals surface area (Å²) in [6.07, 6.45) is 1.80. The quantitative estimate of drug-likeness (QED) is 0.566. The van der Waals surface area contributed by atoms with Crippen molar-refractivity contribution in [3.63, 3.8) is 0 Å². The maximum Gasteiger partial charge on any atom is 0.224 e. The lowest BCUT2D eigenvalue weighted by atomic mass is 9.90. The Morgan fingerprint density at radius 3 is 2.83 bits per heavy atom. The minimum atomic E-state index is 0.189. The van der Waals surface area contributed by atoms with Crippen LogP contribution in [0.1, 0.15) is 16.8 Å². The molecule has 5 heteroatoms. The first-order valence-corrected chi connectivity index (χ1v) is 8.79. The van der Waals surface area contributed by atoms with E-state index >= 15 is 0 Å². The number of nitrogens with zero attached hydrogens (tertiary/aromatic N) is 3. The van der Waals surface area contributed by atoms with Crippen LogP contribution in [0, 0.1) is 6.92 Å². The van der Waals surface area contributed by atoms with Crippen molar-refractivity contribution in [3.8, 4) is 22.1 Å². The SMILES string of the molecule is Cc1cccc2sc(-n3nc4c(c3O)-c3ccccc3CC4)nc12. The third-order valence-corrected chi connectivity index (χ3v) is 5.64. The fourth-order valence-corrected chi connectivity index (χ4v) is 4.43. The maximum atomic E-state index is 10.8. The highest BCUT2D eigenvalue weighted by Gasteiger charge is 2.26. The third-order valence-electron chi connectivity index (χ3n) is 4.64. The molecule has 0 fully saturated rings. The lowest BCUT2D eigenvalue weighted by Crippen LogP contribution is -2.02. The van der Waals surface area contributed by atoms with Crippen molar-refractivity contribution in [2.24, 2.45) is 0 Å². The fourth-order valence-electron chi connectivity index (χ4n) is 3.44. The predicted molar refractivity (Wildman–Crippen MR) is 96.0 cm³/mol. The predicted octanol–water partition coefficient (Wildman–Crippen LogP) is 4.26. The highest BCUT2D eigenvalue weighted by molar-refractivity contribution is 7.20. The van der Waals surface area contributed by atoms with Gasteiger partial charge < -0.3 is 5.11 Å². The second-order valence-corrected chi connectivity index (χ2v) is 7.14. The van der Waals surface area contributed by atoms with Crippen LogP contribution in [0.3, 0.4) is 0 Å². The molecule has 5 rings (SSSR count). The summed E-state index contributed by atoms with van der Waals surface area (Å²) in [6.45, 7) is 2.05. The van der Waals surface area contributed by atoms with Crippen molar-refractivity contribution in [2.75, 3.05) is 0 Å². The van der Waals surface area contributed by atoms with Gasteiger partial charge in [0.2, 0.25) is 11.0 Å². The molecule has 2 aromatic carbocycles. The van der Waals surface area contributed by atoms with E-state index in [4.69, 9.17) is 4.98 Å². The Morgan fingerprint density at radius 2 is 1.96 bits per heavy atom. The minimum Gasteiger partial charge on any atom is -0.493 e. The number of rotatable bonds is 1. The molecule has 4 nitrogen and oxygen atoms in total. The molecule has 0 saturated carbocycles. The Kier molecular flexibility index (Phi) is 2.82. The van der Waals surface area contributed by atoms with E-state index in [1.54, 1.807) is 16.0 Å². The van der Waals surface area contributed by atoms with Crippen molar-refractivity contribution in [3.05, 3.63) is 59.3 Å². The number of hydrogen-bond acceptors (Lipinski definition) is 4. The first-order valence-electron chi connectivity index (χ1n) is 7.98. The first kappa shape index (κ1) is 13.7.